The van der Waals surface area contributed by atoms with Gasteiger partial charge in [0.2, 0.25) is 0 Å². The van der Waals surface area contributed by atoms with Crippen molar-refractivity contribution in [3.05, 3.63) is 59.9 Å². The van der Waals surface area contributed by atoms with Crippen molar-refractivity contribution in [3.63, 3.8) is 0 Å². The van der Waals surface area contributed by atoms with E-state index in [4.69, 9.17) is 10.5 Å². The zero-order chi connectivity index (χ0) is 11.4. The molecular weight excluding hydrogens is 205 g/mol. The molecule has 0 bridgehead atoms. The molecule has 82 valence electrons. The smallest absolute Gasteiger partial charge is 0.165 e. The van der Waals surface area contributed by atoms with E-state index in [0.717, 1.165) is 5.56 Å². The van der Waals surface area contributed by atoms with Gasteiger partial charge in [0.15, 0.2) is 11.6 Å². The fourth-order valence-electron chi connectivity index (χ4n) is 1.42. The zero-order valence-electron chi connectivity index (χ0n) is 8.69. The van der Waals surface area contributed by atoms with Crippen LogP contribution in [0.4, 0.5) is 4.39 Å². The summed E-state index contributed by atoms with van der Waals surface area (Å²) in [5, 5.41) is 0. The van der Waals surface area contributed by atoms with Crippen molar-refractivity contribution in [2.24, 2.45) is 5.73 Å². The van der Waals surface area contributed by atoms with E-state index in [1.54, 1.807) is 24.3 Å². The highest BCUT2D eigenvalue weighted by atomic mass is 19.1. The first-order valence-corrected chi connectivity index (χ1v) is 5.01. The topological polar surface area (TPSA) is 35.2 Å². The average Bonchev–Trinajstić information content (AvgIpc) is 2.33. The maximum absolute atomic E-state index is 13.4. The van der Waals surface area contributed by atoms with Crippen LogP contribution in [0.3, 0.4) is 0 Å². The van der Waals surface area contributed by atoms with Crippen molar-refractivity contribution in [2.45, 2.75) is 6.54 Å². The third kappa shape index (κ3) is 2.20. The molecule has 0 aliphatic carbocycles. The molecule has 16 heavy (non-hydrogen) atoms. The molecule has 2 N–H and O–H groups in total. The van der Waals surface area contributed by atoms with Crippen LogP contribution in [0.15, 0.2) is 48.5 Å². The molecule has 2 rings (SSSR count). The first kappa shape index (κ1) is 10.6. The second-order valence-electron chi connectivity index (χ2n) is 3.34. The minimum atomic E-state index is -0.380. The zero-order valence-corrected chi connectivity index (χ0v) is 8.69. The summed E-state index contributed by atoms with van der Waals surface area (Å²) >= 11 is 0. The summed E-state index contributed by atoms with van der Waals surface area (Å²) in [4.78, 5) is 0. The van der Waals surface area contributed by atoms with Gasteiger partial charge < -0.3 is 10.5 Å². The Balaban J connectivity index is 2.30. The Labute approximate surface area is 93.5 Å². The monoisotopic (exact) mass is 217 g/mol. The number of benzene rings is 2. The van der Waals surface area contributed by atoms with Crippen LogP contribution in [0.1, 0.15) is 5.56 Å². The highest BCUT2D eigenvalue weighted by Gasteiger charge is 2.06. The van der Waals surface area contributed by atoms with Crippen LogP contribution in [-0.4, -0.2) is 0 Å². The molecule has 0 aliphatic rings. The Morgan fingerprint density at radius 2 is 1.56 bits per heavy atom. The van der Waals surface area contributed by atoms with E-state index in [1.165, 1.54) is 6.07 Å². The molecule has 2 aromatic rings. The van der Waals surface area contributed by atoms with Gasteiger partial charge in [0.1, 0.15) is 5.75 Å². The van der Waals surface area contributed by atoms with E-state index >= 15 is 0 Å². The van der Waals surface area contributed by atoms with Gasteiger partial charge in [0.05, 0.1) is 0 Å². The van der Waals surface area contributed by atoms with E-state index < -0.39 is 0 Å². The molecule has 0 radical (unpaired) electrons. The van der Waals surface area contributed by atoms with Gasteiger partial charge in [-0.1, -0.05) is 30.3 Å². The standard InChI is InChI=1S/C13H12FNO/c14-11-6-2-4-8-13(11)16-12-7-3-1-5-10(12)9-15/h1-8H,9,15H2. The number of halogens is 1. The molecule has 3 heteroatoms. The summed E-state index contributed by atoms with van der Waals surface area (Å²) in [7, 11) is 0. The molecule has 2 aromatic carbocycles. The lowest BCUT2D eigenvalue weighted by Gasteiger charge is -2.09. The van der Waals surface area contributed by atoms with Crippen LogP contribution in [-0.2, 0) is 6.54 Å². The van der Waals surface area contributed by atoms with Crippen LogP contribution >= 0.6 is 0 Å². The first-order valence-electron chi connectivity index (χ1n) is 5.01. The second-order valence-corrected chi connectivity index (χ2v) is 3.34. The van der Waals surface area contributed by atoms with Gasteiger partial charge in [-0.15, -0.1) is 0 Å². The lowest BCUT2D eigenvalue weighted by Crippen LogP contribution is -1.99. The minimum Gasteiger partial charge on any atom is -0.454 e. The van der Waals surface area contributed by atoms with Crippen LogP contribution in [0.2, 0.25) is 0 Å². The van der Waals surface area contributed by atoms with Crippen LogP contribution in [0.5, 0.6) is 11.5 Å². The fourth-order valence-corrected chi connectivity index (χ4v) is 1.42. The van der Waals surface area contributed by atoms with E-state index in [-0.39, 0.29) is 11.6 Å². The van der Waals surface area contributed by atoms with Gasteiger partial charge in [0, 0.05) is 12.1 Å². The highest BCUT2D eigenvalue weighted by Crippen LogP contribution is 2.26. The van der Waals surface area contributed by atoms with Crippen LogP contribution in [0.25, 0.3) is 0 Å². The van der Waals surface area contributed by atoms with Gasteiger partial charge in [-0.3, -0.25) is 0 Å². The maximum Gasteiger partial charge on any atom is 0.165 e. The molecule has 0 amide bonds. The Morgan fingerprint density at radius 1 is 0.938 bits per heavy atom. The Bertz CT molecular complexity index is 485. The average molecular weight is 217 g/mol. The SMILES string of the molecule is NCc1ccccc1Oc1ccccc1F. The van der Waals surface area contributed by atoms with Gasteiger partial charge in [0.25, 0.3) is 0 Å². The number of hydrogen-bond acceptors (Lipinski definition) is 2. The molecule has 0 aromatic heterocycles. The summed E-state index contributed by atoms with van der Waals surface area (Å²) in [5.74, 6) is 0.424. The lowest BCUT2D eigenvalue weighted by molar-refractivity contribution is 0.438. The summed E-state index contributed by atoms with van der Waals surface area (Å²) in [5.41, 5.74) is 6.42. The Kier molecular flexibility index (Phi) is 3.17. The van der Waals surface area contributed by atoms with E-state index in [9.17, 15) is 4.39 Å². The van der Waals surface area contributed by atoms with Crippen molar-refractivity contribution in [1.82, 2.24) is 0 Å². The maximum atomic E-state index is 13.4. The van der Waals surface area contributed by atoms with Crippen LogP contribution in [0, 0.1) is 5.82 Å². The quantitative estimate of drug-likeness (QED) is 0.857. The Morgan fingerprint density at radius 3 is 2.25 bits per heavy atom. The van der Waals surface area contributed by atoms with Crippen LogP contribution < -0.4 is 10.5 Å². The van der Waals surface area contributed by atoms with Gasteiger partial charge >= 0.3 is 0 Å². The second kappa shape index (κ2) is 4.77. The summed E-state index contributed by atoms with van der Waals surface area (Å²) < 4.78 is 18.8. The number of rotatable bonds is 3. The molecule has 0 fully saturated rings. The summed E-state index contributed by atoms with van der Waals surface area (Å²) in [6.07, 6.45) is 0. The van der Waals surface area contributed by atoms with E-state index in [2.05, 4.69) is 0 Å². The van der Waals surface area contributed by atoms with Crippen molar-refractivity contribution in [2.75, 3.05) is 0 Å². The fraction of sp³-hybridized carbons (Fsp3) is 0.0769. The molecule has 0 saturated carbocycles. The van der Waals surface area contributed by atoms with Gasteiger partial charge in [-0.25, -0.2) is 4.39 Å². The first-order chi connectivity index (χ1) is 7.81. The molecule has 0 atom stereocenters. The number of para-hydroxylation sites is 2. The van der Waals surface area contributed by atoms with E-state index in [0.29, 0.717) is 12.3 Å². The summed E-state index contributed by atoms with van der Waals surface area (Å²) in [6.45, 7) is 0.366. The van der Waals surface area contributed by atoms with Gasteiger partial charge in [-0.05, 0) is 18.2 Å². The minimum absolute atomic E-state index is 0.211. The third-order valence-corrected chi connectivity index (χ3v) is 2.25. The molecule has 0 aliphatic heterocycles. The molecule has 0 saturated heterocycles. The van der Waals surface area contributed by atoms with Crippen molar-refractivity contribution >= 4 is 0 Å². The lowest BCUT2D eigenvalue weighted by atomic mass is 10.2. The predicted octanol–water partition coefficient (Wildman–Crippen LogP) is 3.08. The molecule has 0 unspecified atom stereocenters. The highest BCUT2D eigenvalue weighted by molar-refractivity contribution is 5.38. The number of hydrogen-bond donors (Lipinski definition) is 1. The Hall–Kier alpha value is -1.87. The van der Waals surface area contributed by atoms with Crippen molar-refractivity contribution < 1.29 is 9.13 Å². The largest absolute Gasteiger partial charge is 0.454 e. The molecular formula is C13H12FNO. The molecule has 0 spiro atoms. The van der Waals surface area contributed by atoms with Crippen molar-refractivity contribution in [1.29, 1.82) is 0 Å². The summed E-state index contributed by atoms with van der Waals surface area (Å²) in [6, 6.07) is 13.6. The molecule has 2 nitrogen and oxygen atoms in total. The number of nitrogens with two attached hydrogens (primary N) is 1. The third-order valence-electron chi connectivity index (χ3n) is 2.25. The van der Waals surface area contributed by atoms with Crippen molar-refractivity contribution in [3.8, 4) is 11.5 Å². The normalized spacial score (nSPS) is 10.1. The van der Waals surface area contributed by atoms with E-state index in [1.807, 2.05) is 18.2 Å². The number of ether oxygens (including phenoxy) is 1. The predicted molar refractivity (Wildman–Crippen MR) is 60.8 cm³/mol. The van der Waals surface area contributed by atoms with Gasteiger partial charge in [-0.2, -0.15) is 0 Å². The molecule has 0 heterocycles.